The fourth-order valence-electron chi connectivity index (χ4n) is 1.98. The molecule has 5 nitrogen and oxygen atoms in total. The third-order valence-corrected chi connectivity index (χ3v) is 2.98. The molecule has 1 unspecified atom stereocenters. The number of carbonyl (C=O) groups is 1. The van der Waals surface area contributed by atoms with Gasteiger partial charge < -0.3 is 14.2 Å². The monoisotopic (exact) mass is 265 g/mol. The van der Waals surface area contributed by atoms with Crippen LogP contribution in [0.2, 0.25) is 0 Å². The molecule has 5 heteroatoms. The Kier molecular flexibility index (Phi) is 5.18. The second-order valence-electron chi connectivity index (χ2n) is 4.43. The van der Waals surface area contributed by atoms with Crippen LogP contribution in [0.4, 0.5) is 0 Å². The third-order valence-electron chi connectivity index (χ3n) is 2.98. The molecule has 0 bridgehead atoms. The molecule has 1 aromatic rings. The van der Waals surface area contributed by atoms with E-state index in [0.29, 0.717) is 26.3 Å². The van der Waals surface area contributed by atoms with Crippen molar-refractivity contribution in [3.8, 4) is 5.75 Å². The van der Waals surface area contributed by atoms with Crippen LogP contribution >= 0.6 is 0 Å². The van der Waals surface area contributed by atoms with Gasteiger partial charge in [-0.05, 0) is 12.1 Å². The van der Waals surface area contributed by atoms with Crippen molar-refractivity contribution in [1.82, 2.24) is 4.90 Å². The Bertz CT molecular complexity index is 396. The number of carbonyl (C=O) groups excluding carboxylic acids is 1. The van der Waals surface area contributed by atoms with Crippen molar-refractivity contribution in [2.75, 3.05) is 40.0 Å². The minimum Gasteiger partial charge on any atom is -0.491 e. The molecule has 1 aromatic carbocycles. The SMILES string of the molecule is COC(=O)CN1CCOC(COc2ccccc2)C1. The van der Waals surface area contributed by atoms with Gasteiger partial charge in [0.2, 0.25) is 0 Å². The number of hydrogen-bond acceptors (Lipinski definition) is 5. The second kappa shape index (κ2) is 7.11. The van der Waals surface area contributed by atoms with Crippen molar-refractivity contribution < 1.29 is 19.0 Å². The summed E-state index contributed by atoms with van der Waals surface area (Å²) in [6.07, 6.45) is -0.0152. The number of methoxy groups -OCH3 is 1. The van der Waals surface area contributed by atoms with Crippen molar-refractivity contribution >= 4 is 5.97 Å². The van der Waals surface area contributed by atoms with E-state index in [1.807, 2.05) is 35.2 Å². The topological polar surface area (TPSA) is 48.0 Å². The van der Waals surface area contributed by atoms with Gasteiger partial charge in [-0.25, -0.2) is 0 Å². The van der Waals surface area contributed by atoms with Gasteiger partial charge in [-0.1, -0.05) is 18.2 Å². The molecule has 0 saturated carbocycles. The van der Waals surface area contributed by atoms with Gasteiger partial charge in [-0.2, -0.15) is 0 Å². The smallest absolute Gasteiger partial charge is 0.319 e. The first-order valence-corrected chi connectivity index (χ1v) is 6.36. The highest BCUT2D eigenvalue weighted by atomic mass is 16.5. The van der Waals surface area contributed by atoms with Gasteiger partial charge >= 0.3 is 5.97 Å². The molecule has 1 heterocycles. The fourth-order valence-corrected chi connectivity index (χ4v) is 1.98. The maximum Gasteiger partial charge on any atom is 0.319 e. The van der Waals surface area contributed by atoms with Gasteiger partial charge in [0.25, 0.3) is 0 Å². The zero-order valence-corrected chi connectivity index (χ0v) is 11.1. The van der Waals surface area contributed by atoms with Crippen LogP contribution in [-0.4, -0.2) is 56.9 Å². The minimum absolute atomic E-state index is 0.0152. The van der Waals surface area contributed by atoms with Gasteiger partial charge in [-0.15, -0.1) is 0 Å². The number of para-hydroxylation sites is 1. The standard InChI is InChI=1S/C14H19NO4/c1-17-14(16)10-15-7-8-18-13(9-15)11-19-12-5-3-2-4-6-12/h2-6,13H,7-11H2,1H3. The molecule has 1 fully saturated rings. The predicted octanol–water partition coefficient (Wildman–Crippen LogP) is 0.939. The Morgan fingerprint density at radius 1 is 1.42 bits per heavy atom. The summed E-state index contributed by atoms with van der Waals surface area (Å²) < 4.78 is 15.9. The molecule has 104 valence electrons. The van der Waals surface area contributed by atoms with Crippen LogP contribution in [0.3, 0.4) is 0 Å². The van der Waals surface area contributed by atoms with Crippen LogP contribution < -0.4 is 4.74 Å². The highest BCUT2D eigenvalue weighted by molar-refractivity contribution is 5.71. The molecule has 1 atom stereocenters. The Hall–Kier alpha value is -1.59. The largest absolute Gasteiger partial charge is 0.491 e. The summed E-state index contributed by atoms with van der Waals surface area (Å²) in [7, 11) is 1.40. The van der Waals surface area contributed by atoms with Gasteiger partial charge in [0.15, 0.2) is 0 Å². The molecule has 0 aromatic heterocycles. The first kappa shape index (κ1) is 13.8. The van der Waals surface area contributed by atoms with Gasteiger partial charge in [0, 0.05) is 13.1 Å². The van der Waals surface area contributed by atoms with E-state index in [9.17, 15) is 4.79 Å². The molecule has 0 aliphatic carbocycles. The van der Waals surface area contributed by atoms with E-state index in [0.717, 1.165) is 12.3 Å². The maximum atomic E-state index is 11.2. The lowest BCUT2D eigenvalue weighted by Gasteiger charge is -2.31. The Balaban J connectivity index is 1.76. The summed E-state index contributed by atoms with van der Waals surface area (Å²) in [4.78, 5) is 13.3. The molecule has 1 aliphatic heterocycles. The summed E-state index contributed by atoms with van der Waals surface area (Å²) in [6.45, 7) is 2.84. The minimum atomic E-state index is -0.218. The number of nitrogens with zero attached hydrogens (tertiary/aromatic N) is 1. The molecule has 0 radical (unpaired) electrons. The van der Waals surface area contributed by atoms with Crippen molar-refractivity contribution in [2.45, 2.75) is 6.10 Å². The zero-order valence-electron chi connectivity index (χ0n) is 11.1. The number of morpholine rings is 1. The maximum absolute atomic E-state index is 11.2. The summed E-state index contributed by atoms with van der Waals surface area (Å²) in [6, 6.07) is 9.63. The van der Waals surface area contributed by atoms with Crippen LogP contribution in [0.5, 0.6) is 5.75 Å². The average Bonchev–Trinajstić information content (AvgIpc) is 2.46. The average molecular weight is 265 g/mol. The summed E-state index contributed by atoms with van der Waals surface area (Å²) in [5.74, 6) is 0.612. The zero-order chi connectivity index (χ0) is 13.5. The van der Waals surface area contributed by atoms with Gasteiger partial charge in [0.05, 0.1) is 20.3 Å². The molecule has 0 spiro atoms. The van der Waals surface area contributed by atoms with E-state index >= 15 is 0 Å². The molecular weight excluding hydrogens is 246 g/mol. The molecule has 1 aliphatic rings. The molecule has 1 saturated heterocycles. The first-order chi connectivity index (χ1) is 9.28. The first-order valence-electron chi connectivity index (χ1n) is 6.36. The van der Waals surface area contributed by atoms with Crippen molar-refractivity contribution in [3.05, 3.63) is 30.3 Å². The summed E-state index contributed by atoms with van der Waals surface area (Å²) >= 11 is 0. The molecule has 0 N–H and O–H groups in total. The van der Waals surface area contributed by atoms with E-state index in [2.05, 4.69) is 4.74 Å². The van der Waals surface area contributed by atoms with Gasteiger partial charge in [-0.3, -0.25) is 9.69 Å². The normalized spacial score (nSPS) is 19.9. The van der Waals surface area contributed by atoms with E-state index < -0.39 is 0 Å². The summed E-state index contributed by atoms with van der Waals surface area (Å²) in [5, 5.41) is 0. The Labute approximate surface area is 113 Å². The Morgan fingerprint density at radius 3 is 2.95 bits per heavy atom. The summed E-state index contributed by atoms with van der Waals surface area (Å²) in [5.41, 5.74) is 0. The molecule has 0 amide bonds. The molecule has 19 heavy (non-hydrogen) atoms. The number of esters is 1. The second-order valence-corrected chi connectivity index (χ2v) is 4.43. The van der Waals surface area contributed by atoms with Crippen LogP contribution in [-0.2, 0) is 14.3 Å². The van der Waals surface area contributed by atoms with Crippen molar-refractivity contribution in [1.29, 1.82) is 0 Å². The predicted molar refractivity (Wildman–Crippen MR) is 70.1 cm³/mol. The highest BCUT2D eigenvalue weighted by Crippen LogP contribution is 2.11. The highest BCUT2D eigenvalue weighted by Gasteiger charge is 2.22. The lowest BCUT2D eigenvalue weighted by atomic mass is 10.3. The Morgan fingerprint density at radius 2 is 2.21 bits per heavy atom. The lowest BCUT2D eigenvalue weighted by Crippen LogP contribution is -2.46. The fraction of sp³-hybridized carbons (Fsp3) is 0.500. The van der Waals surface area contributed by atoms with Crippen LogP contribution in [0, 0.1) is 0 Å². The number of hydrogen-bond donors (Lipinski definition) is 0. The van der Waals surface area contributed by atoms with Crippen LogP contribution in [0.15, 0.2) is 30.3 Å². The van der Waals surface area contributed by atoms with E-state index in [4.69, 9.17) is 9.47 Å². The molecular formula is C14H19NO4. The van der Waals surface area contributed by atoms with Crippen LogP contribution in [0.25, 0.3) is 0 Å². The van der Waals surface area contributed by atoms with Gasteiger partial charge in [0.1, 0.15) is 18.5 Å². The molecule has 2 rings (SSSR count). The lowest BCUT2D eigenvalue weighted by molar-refractivity contribution is -0.144. The third kappa shape index (κ3) is 4.54. The van der Waals surface area contributed by atoms with Crippen molar-refractivity contribution in [2.24, 2.45) is 0 Å². The van der Waals surface area contributed by atoms with Crippen molar-refractivity contribution in [3.63, 3.8) is 0 Å². The van der Waals surface area contributed by atoms with E-state index in [1.54, 1.807) is 0 Å². The quantitative estimate of drug-likeness (QED) is 0.742. The van der Waals surface area contributed by atoms with Crippen LogP contribution in [0.1, 0.15) is 0 Å². The number of ether oxygens (including phenoxy) is 3. The van der Waals surface area contributed by atoms with E-state index in [1.165, 1.54) is 7.11 Å². The van der Waals surface area contributed by atoms with E-state index in [-0.39, 0.29) is 12.1 Å². The number of rotatable bonds is 5. The number of benzene rings is 1.